The number of alkyl carbamates (subject to hydrolysis) is 1. The van der Waals surface area contributed by atoms with Crippen molar-refractivity contribution in [3.63, 3.8) is 0 Å². The Morgan fingerprint density at radius 2 is 1.55 bits per heavy atom. The van der Waals surface area contributed by atoms with Crippen molar-refractivity contribution in [1.29, 1.82) is 0 Å². The lowest BCUT2D eigenvalue weighted by molar-refractivity contribution is -0.144. The summed E-state index contributed by atoms with van der Waals surface area (Å²) in [5, 5.41) is 5.63. The minimum atomic E-state index is -0.665. The number of piperidine rings is 1. The molecule has 2 saturated heterocycles. The van der Waals surface area contributed by atoms with Crippen LogP contribution in [-0.4, -0.2) is 40.9 Å². The minimum Gasteiger partial charge on any atom is -0.445 e. The Hall–Kier alpha value is -3.35. The number of rotatable bonds is 6. The Morgan fingerprint density at radius 1 is 0.903 bits per heavy atom. The van der Waals surface area contributed by atoms with Gasteiger partial charge in [-0.2, -0.15) is 0 Å². The van der Waals surface area contributed by atoms with Crippen LogP contribution in [-0.2, 0) is 27.5 Å². The summed E-state index contributed by atoms with van der Waals surface area (Å²) in [5.41, 5.74) is 1.89. The third-order valence-corrected chi connectivity index (χ3v) is 5.96. The topological polar surface area (TPSA) is 87.7 Å². The number of hydrogen-bond donors (Lipinski definition) is 2. The number of carbonyl (C=O) groups excluding carboxylic acids is 3. The lowest BCUT2D eigenvalue weighted by Gasteiger charge is -2.37. The maximum Gasteiger partial charge on any atom is 0.408 e. The van der Waals surface area contributed by atoms with Crippen LogP contribution in [0.1, 0.15) is 36.8 Å². The van der Waals surface area contributed by atoms with E-state index in [1.165, 1.54) is 0 Å². The zero-order valence-corrected chi connectivity index (χ0v) is 17.3. The van der Waals surface area contributed by atoms with Crippen molar-refractivity contribution in [2.45, 2.75) is 57.0 Å². The summed E-state index contributed by atoms with van der Waals surface area (Å²) in [6, 6.07) is 17.9. The first-order valence-corrected chi connectivity index (χ1v) is 10.7. The average Bonchev–Trinajstić information content (AvgIpc) is 3.24. The lowest BCUT2D eigenvalue weighted by Crippen LogP contribution is -2.58. The zero-order valence-electron chi connectivity index (χ0n) is 17.3. The zero-order chi connectivity index (χ0) is 21.6. The highest BCUT2D eigenvalue weighted by Gasteiger charge is 2.46. The van der Waals surface area contributed by atoms with E-state index >= 15 is 0 Å². The van der Waals surface area contributed by atoms with Crippen molar-refractivity contribution >= 4 is 17.9 Å². The molecule has 0 saturated carbocycles. The molecule has 2 aliphatic heterocycles. The fourth-order valence-electron chi connectivity index (χ4n) is 4.36. The summed E-state index contributed by atoms with van der Waals surface area (Å²) in [7, 11) is 0. The van der Waals surface area contributed by atoms with Gasteiger partial charge in [-0.05, 0) is 36.8 Å². The Labute approximate surface area is 181 Å². The summed E-state index contributed by atoms with van der Waals surface area (Å²) in [6.07, 6.45) is 2.14. The third-order valence-electron chi connectivity index (χ3n) is 5.96. The van der Waals surface area contributed by atoms with Gasteiger partial charge >= 0.3 is 6.09 Å². The molecule has 0 unspecified atom stereocenters. The van der Waals surface area contributed by atoms with E-state index in [0.717, 1.165) is 24.0 Å². The number of nitrogens with one attached hydrogen (secondary N) is 2. The summed E-state index contributed by atoms with van der Waals surface area (Å²) in [6.45, 7) is 0.570. The second kappa shape index (κ2) is 9.64. The molecule has 2 heterocycles. The molecular weight excluding hydrogens is 394 g/mol. The van der Waals surface area contributed by atoms with E-state index in [2.05, 4.69) is 10.6 Å². The summed E-state index contributed by atoms with van der Waals surface area (Å²) < 4.78 is 5.25. The van der Waals surface area contributed by atoms with Crippen molar-refractivity contribution in [3.8, 4) is 0 Å². The van der Waals surface area contributed by atoms with Crippen LogP contribution in [0.2, 0.25) is 0 Å². The third kappa shape index (κ3) is 5.05. The predicted octanol–water partition coefficient (Wildman–Crippen LogP) is 2.75. The molecule has 7 nitrogen and oxygen atoms in total. The minimum absolute atomic E-state index is 0.0540. The monoisotopic (exact) mass is 421 g/mol. The van der Waals surface area contributed by atoms with E-state index in [0.29, 0.717) is 19.4 Å². The van der Waals surface area contributed by atoms with E-state index in [1.807, 2.05) is 60.7 Å². The standard InChI is InChI=1S/C24H27N3O4/c28-22(25-15-17-7-3-1-4-8-17)21-14-12-19-11-13-20(23(29)27(19)21)26-24(30)31-16-18-9-5-2-6-10-18/h1-10,19-21H,11-16H2,(H,25,28)(H,26,30)/t19-,20-,21-/m0/s1. The predicted molar refractivity (Wildman–Crippen MR) is 115 cm³/mol. The second-order valence-corrected chi connectivity index (χ2v) is 8.03. The van der Waals surface area contributed by atoms with Crippen molar-refractivity contribution in [3.05, 3.63) is 71.8 Å². The molecule has 162 valence electrons. The Morgan fingerprint density at radius 3 is 2.26 bits per heavy atom. The van der Waals surface area contributed by atoms with E-state index in [4.69, 9.17) is 4.74 Å². The quantitative estimate of drug-likeness (QED) is 0.751. The highest BCUT2D eigenvalue weighted by molar-refractivity contribution is 5.92. The van der Waals surface area contributed by atoms with Gasteiger partial charge in [0, 0.05) is 12.6 Å². The van der Waals surface area contributed by atoms with E-state index in [1.54, 1.807) is 4.90 Å². The molecule has 0 radical (unpaired) electrons. The maximum absolute atomic E-state index is 13.1. The molecule has 4 rings (SSSR count). The largest absolute Gasteiger partial charge is 0.445 e. The lowest BCUT2D eigenvalue weighted by atomic mass is 9.98. The van der Waals surface area contributed by atoms with Gasteiger partial charge in [0.2, 0.25) is 11.8 Å². The van der Waals surface area contributed by atoms with Crippen LogP contribution in [0.25, 0.3) is 0 Å². The average molecular weight is 421 g/mol. The molecule has 2 aliphatic rings. The number of benzene rings is 2. The van der Waals surface area contributed by atoms with E-state index < -0.39 is 18.2 Å². The van der Waals surface area contributed by atoms with Gasteiger partial charge in [-0.15, -0.1) is 0 Å². The molecule has 31 heavy (non-hydrogen) atoms. The van der Waals surface area contributed by atoms with Crippen LogP contribution in [0.3, 0.4) is 0 Å². The van der Waals surface area contributed by atoms with Crippen LogP contribution in [0.15, 0.2) is 60.7 Å². The molecule has 2 N–H and O–H groups in total. The number of fused-ring (bicyclic) bond motifs is 1. The van der Waals surface area contributed by atoms with Crippen LogP contribution in [0, 0.1) is 0 Å². The number of hydrogen-bond acceptors (Lipinski definition) is 4. The molecule has 2 aromatic carbocycles. The first kappa shape index (κ1) is 20.9. The number of ether oxygens (including phenoxy) is 1. The number of amides is 3. The highest BCUT2D eigenvalue weighted by atomic mass is 16.5. The van der Waals surface area contributed by atoms with Gasteiger partial charge in [-0.1, -0.05) is 60.7 Å². The molecule has 3 amide bonds. The highest BCUT2D eigenvalue weighted by Crippen LogP contribution is 2.32. The van der Waals surface area contributed by atoms with Gasteiger partial charge in [0.1, 0.15) is 18.7 Å². The van der Waals surface area contributed by atoms with Gasteiger partial charge in [-0.3, -0.25) is 9.59 Å². The number of carbonyl (C=O) groups is 3. The Kier molecular flexibility index (Phi) is 6.50. The molecule has 2 fully saturated rings. The Bertz CT molecular complexity index is 919. The molecule has 0 bridgehead atoms. The summed E-state index contributed by atoms with van der Waals surface area (Å²) >= 11 is 0. The number of nitrogens with zero attached hydrogens (tertiary/aromatic N) is 1. The molecule has 7 heteroatoms. The first-order chi connectivity index (χ1) is 15.1. The first-order valence-electron chi connectivity index (χ1n) is 10.7. The van der Waals surface area contributed by atoms with Gasteiger partial charge in [0.05, 0.1) is 0 Å². The van der Waals surface area contributed by atoms with Crippen LogP contribution < -0.4 is 10.6 Å². The maximum atomic E-state index is 13.1. The fourth-order valence-corrected chi connectivity index (χ4v) is 4.36. The van der Waals surface area contributed by atoms with Crippen LogP contribution in [0.5, 0.6) is 0 Å². The second-order valence-electron chi connectivity index (χ2n) is 8.03. The van der Waals surface area contributed by atoms with Crippen molar-refractivity contribution in [2.75, 3.05) is 0 Å². The van der Waals surface area contributed by atoms with Gasteiger partial charge in [0.15, 0.2) is 0 Å². The van der Waals surface area contributed by atoms with Crippen LogP contribution in [0.4, 0.5) is 4.79 Å². The van der Waals surface area contributed by atoms with Gasteiger partial charge in [-0.25, -0.2) is 4.79 Å². The molecule has 0 spiro atoms. The fraction of sp³-hybridized carbons (Fsp3) is 0.375. The van der Waals surface area contributed by atoms with E-state index in [9.17, 15) is 14.4 Å². The molecule has 3 atom stereocenters. The normalized spacial score (nSPS) is 22.5. The van der Waals surface area contributed by atoms with Gasteiger partial charge in [0.25, 0.3) is 0 Å². The summed E-state index contributed by atoms with van der Waals surface area (Å²) in [4.78, 5) is 39.8. The molecule has 0 aromatic heterocycles. The molecular formula is C24H27N3O4. The van der Waals surface area contributed by atoms with Crippen molar-refractivity contribution in [1.82, 2.24) is 15.5 Å². The summed E-state index contributed by atoms with van der Waals surface area (Å²) in [5.74, 6) is -0.350. The SMILES string of the molecule is O=C(N[C@H]1CC[C@H]2CC[C@@H](C(=O)NCc3ccccc3)N2C1=O)OCc1ccccc1. The van der Waals surface area contributed by atoms with E-state index in [-0.39, 0.29) is 24.5 Å². The van der Waals surface area contributed by atoms with Gasteiger partial charge < -0.3 is 20.3 Å². The van der Waals surface area contributed by atoms with Crippen molar-refractivity contribution < 1.29 is 19.1 Å². The Balaban J connectivity index is 1.32. The molecule has 0 aliphatic carbocycles. The van der Waals surface area contributed by atoms with Crippen molar-refractivity contribution in [2.24, 2.45) is 0 Å². The molecule has 2 aromatic rings. The van der Waals surface area contributed by atoms with Crippen LogP contribution >= 0.6 is 0 Å². The smallest absolute Gasteiger partial charge is 0.408 e.